The number of methoxy groups -OCH3 is 1. The van der Waals surface area contributed by atoms with Gasteiger partial charge in [0.2, 0.25) is 0 Å². The summed E-state index contributed by atoms with van der Waals surface area (Å²) in [6, 6.07) is 11.8. The van der Waals surface area contributed by atoms with Crippen LogP contribution in [0.25, 0.3) is 10.9 Å². The molecule has 2 aromatic heterocycles. The molecule has 3 aromatic rings. The molecule has 0 bridgehead atoms. The molecule has 1 aliphatic rings. The van der Waals surface area contributed by atoms with Crippen LogP contribution in [0.2, 0.25) is 0 Å². The Balaban J connectivity index is 1.32. The number of aliphatic hydroxyl groups excluding tert-OH is 1. The maximum Gasteiger partial charge on any atom is 0.303 e. The van der Waals surface area contributed by atoms with Crippen molar-refractivity contribution in [3.63, 3.8) is 0 Å². The Kier molecular flexibility index (Phi) is 9.85. The molecule has 0 amide bonds. The summed E-state index contributed by atoms with van der Waals surface area (Å²) >= 11 is 0. The number of likely N-dealkylation sites (tertiary alicyclic amines) is 1. The van der Waals surface area contributed by atoms with Crippen LogP contribution in [0.4, 0.5) is 0 Å². The fraction of sp³-hybridized carbons (Fsp3) is 0.500. The second kappa shape index (κ2) is 13.5. The molecule has 1 saturated heterocycles. The van der Waals surface area contributed by atoms with Gasteiger partial charge in [-0.3, -0.25) is 14.8 Å². The number of aromatic nitrogens is 2. The van der Waals surface area contributed by atoms with E-state index in [4.69, 9.17) is 4.74 Å². The molecular weight excluding hydrogens is 466 g/mol. The van der Waals surface area contributed by atoms with E-state index >= 15 is 0 Å². The number of aliphatic carboxylic acids is 1. The summed E-state index contributed by atoms with van der Waals surface area (Å²) in [6.45, 7) is 3.03. The third kappa shape index (κ3) is 7.73. The quantitative estimate of drug-likeness (QED) is 0.305. The highest BCUT2D eigenvalue weighted by Crippen LogP contribution is 2.35. The van der Waals surface area contributed by atoms with Gasteiger partial charge in [-0.2, -0.15) is 0 Å². The van der Waals surface area contributed by atoms with E-state index < -0.39 is 12.1 Å². The Labute approximate surface area is 219 Å². The molecule has 7 heteroatoms. The topological polar surface area (TPSA) is 95.8 Å². The van der Waals surface area contributed by atoms with E-state index in [2.05, 4.69) is 27.0 Å². The summed E-state index contributed by atoms with van der Waals surface area (Å²) in [6.07, 6.45) is 11.7. The smallest absolute Gasteiger partial charge is 0.303 e. The van der Waals surface area contributed by atoms with Gasteiger partial charge in [0.05, 0.1) is 18.7 Å². The first-order chi connectivity index (χ1) is 18.0. The predicted octanol–water partition coefficient (Wildman–Crippen LogP) is 5.28. The zero-order valence-corrected chi connectivity index (χ0v) is 21.8. The second-order valence-electron chi connectivity index (χ2n) is 10.2. The number of rotatable bonds is 13. The molecule has 3 atom stereocenters. The van der Waals surface area contributed by atoms with Gasteiger partial charge < -0.3 is 19.8 Å². The molecule has 37 heavy (non-hydrogen) atoms. The maximum absolute atomic E-state index is 11.3. The van der Waals surface area contributed by atoms with Crippen LogP contribution in [0.15, 0.2) is 55.0 Å². The van der Waals surface area contributed by atoms with Gasteiger partial charge in [-0.05, 0) is 117 Å². The first kappa shape index (κ1) is 27.0. The van der Waals surface area contributed by atoms with Gasteiger partial charge in [0, 0.05) is 36.9 Å². The standard InChI is InChI=1S/C30H39N3O4/c1-37-25-7-8-28-27(20-25)26(13-17-32-28)29(34)9-5-23-14-19-33(21-24(23)6-10-30(35)36)18-3-2-4-22-11-15-31-16-12-22/h7-8,11-13,15-17,20,23-24,29,34H,2-6,9-10,14,18-19,21H2,1H3,(H,35,36)/t23-,24+,29?/m1/s1. The number of hydrogen-bond donors (Lipinski definition) is 2. The minimum Gasteiger partial charge on any atom is -0.497 e. The predicted molar refractivity (Wildman–Crippen MR) is 145 cm³/mol. The SMILES string of the molecule is COc1ccc2nccc(C(O)CC[C@@H]3CCN(CCCCc4ccncc4)C[C@@H]3CCC(=O)O)c2c1. The first-order valence-electron chi connectivity index (χ1n) is 13.5. The monoisotopic (exact) mass is 505 g/mol. The highest BCUT2D eigenvalue weighted by atomic mass is 16.5. The van der Waals surface area contributed by atoms with Gasteiger partial charge in [-0.25, -0.2) is 0 Å². The summed E-state index contributed by atoms with van der Waals surface area (Å²) in [7, 11) is 1.64. The summed E-state index contributed by atoms with van der Waals surface area (Å²) < 4.78 is 5.38. The van der Waals surface area contributed by atoms with E-state index in [9.17, 15) is 15.0 Å². The fourth-order valence-corrected chi connectivity index (χ4v) is 5.68. The van der Waals surface area contributed by atoms with E-state index in [0.717, 1.165) is 74.0 Å². The van der Waals surface area contributed by atoms with Crippen molar-refractivity contribution < 1.29 is 19.7 Å². The van der Waals surface area contributed by atoms with E-state index in [1.807, 2.05) is 36.7 Å². The molecule has 2 N–H and O–H groups in total. The molecule has 0 spiro atoms. The Morgan fingerprint density at radius 2 is 1.95 bits per heavy atom. The van der Waals surface area contributed by atoms with Gasteiger partial charge >= 0.3 is 5.97 Å². The van der Waals surface area contributed by atoms with Crippen LogP contribution in [-0.2, 0) is 11.2 Å². The zero-order chi connectivity index (χ0) is 26.0. The number of aryl methyl sites for hydroxylation is 1. The first-order valence-corrected chi connectivity index (χ1v) is 13.5. The lowest BCUT2D eigenvalue weighted by Crippen LogP contribution is -2.41. The number of carbonyl (C=O) groups is 1. The van der Waals surface area contributed by atoms with Crippen molar-refractivity contribution in [1.29, 1.82) is 0 Å². The average molecular weight is 506 g/mol. The summed E-state index contributed by atoms with van der Waals surface area (Å²) in [5, 5.41) is 21.4. The van der Waals surface area contributed by atoms with E-state index in [0.29, 0.717) is 24.7 Å². The highest BCUT2D eigenvalue weighted by molar-refractivity contribution is 5.83. The lowest BCUT2D eigenvalue weighted by molar-refractivity contribution is -0.137. The number of unbranched alkanes of at least 4 members (excludes halogenated alkanes) is 1. The fourth-order valence-electron chi connectivity index (χ4n) is 5.68. The van der Waals surface area contributed by atoms with Crippen molar-refractivity contribution in [2.75, 3.05) is 26.7 Å². The van der Waals surface area contributed by atoms with Crippen LogP contribution < -0.4 is 4.74 Å². The number of piperidine rings is 1. The van der Waals surface area contributed by atoms with Crippen LogP contribution in [0, 0.1) is 11.8 Å². The Morgan fingerprint density at radius 1 is 1.11 bits per heavy atom. The minimum atomic E-state index is -0.731. The van der Waals surface area contributed by atoms with Crippen molar-refractivity contribution in [3.8, 4) is 5.75 Å². The number of aliphatic hydroxyl groups is 1. The Bertz CT molecular complexity index is 1140. The molecule has 1 unspecified atom stereocenters. The van der Waals surface area contributed by atoms with E-state index in [1.54, 1.807) is 13.3 Å². The summed E-state index contributed by atoms with van der Waals surface area (Å²) in [5.41, 5.74) is 3.04. The summed E-state index contributed by atoms with van der Waals surface area (Å²) in [5.74, 6) is 0.775. The highest BCUT2D eigenvalue weighted by Gasteiger charge is 2.30. The summed E-state index contributed by atoms with van der Waals surface area (Å²) in [4.78, 5) is 22.3. The molecule has 3 heterocycles. The number of nitrogens with zero attached hydrogens (tertiary/aromatic N) is 3. The molecule has 0 radical (unpaired) electrons. The number of benzene rings is 1. The molecule has 1 aromatic carbocycles. The van der Waals surface area contributed by atoms with Crippen molar-refractivity contribution in [2.24, 2.45) is 11.8 Å². The number of carboxylic acids is 1. The minimum absolute atomic E-state index is 0.203. The Hall–Kier alpha value is -3.03. The second-order valence-corrected chi connectivity index (χ2v) is 10.2. The molecule has 198 valence electrons. The average Bonchev–Trinajstić information content (AvgIpc) is 2.93. The number of carboxylic acid groups (broad SMARTS) is 1. The van der Waals surface area contributed by atoms with Crippen molar-refractivity contribution in [3.05, 3.63) is 66.1 Å². The van der Waals surface area contributed by atoms with Gasteiger partial charge in [-0.15, -0.1) is 0 Å². The van der Waals surface area contributed by atoms with Crippen LogP contribution in [0.3, 0.4) is 0 Å². The van der Waals surface area contributed by atoms with Crippen molar-refractivity contribution in [2.45, 2.75) is 57.5 Å². The Morgan fingerprint density at radius 3 is 2.73 bits per heavy atom. The number of fused-ring (bicyclic) bond motifs is 1. The maximum atomic E-state index is 11.3. The van der Waals surface area contributed by atoms with Crippen LogP contribution >= 0.6 is 0 Å². The zero-order valence-electron chi connectivity index (χ0n) is 21.8. The van der Waals surface area contributed by atoms with E-state index in [1.165, 1.54) is 5.56 Å². The number of hydrogen-bond acceptors (Lipinski definition) is 6. The number of ether oxygens (including phenoxy) is 1. The van der Waals surface area contributed by atoms with Crippen LogP contribution in [0.5, 0.6) is 5.75 Å². The van der Waals surface area contributed by atoms with Crippen LogP contribution in [-0.4, -0.2) is 57.8 Å². The van der Waals surface area contributed by atoms with Gasteiger partial charge in [0.25, 0.3) is 0 Å². The van der Waals surface area contributed by atoms with Crippen molar-refractivity contribution in [1.82, 2.24) is 14.9 Å². The van der Waals surface area contributed by atoms with E-state index in [-0.39, 0.29) is 6.42 Å². The number of pyridine rings is 2. The van der Waals surface area contributed by atoms with Gasteiger partial charge in [-0.1, -0.05) is 0 Å². The molecule has 4 rings (SSSR count). The molecule has 1 fully saturated rings. The van der Waals surface area contributed by atoms with Crippen molar-refractivity contribution >= 4 is 16.9 Å². The largest absolute Gasteiger partial charge is 0.497 e. The van der Waals surface area contributed by atoms with Gasteiger partial charge in [0.15, 0.2) is 0 Å². The molecule has 7 nitrogen and oxygen atoms in total. The lowest BCUT2D eigenvalue weighted by Gasteiger charge is -2.39. The third-order valence-electron chi connectivity index (χ3n) is 7.80. The third-order valence-corrected chi connectivity index (χ3v) is 7.80. The normalized spacial score (nSPS) is 19.1. The lowest BCUT2D eigenvalue weighted by atomic mass is 9.79. The molecular formula is C30H39N3O4. The molecule has 0 saturated carbocycles. The molecule has 1 aliphatic heterocycles. The molecule has 0 aliphatic carbocycles. The van der Waals surface area contributed by atoms with Gasteiger partial charge in [0.1, 0.15) is 5.75 Å². The van der Waals surface area contributed by atoms with Crippen LogP contribution in [0.1, 0.15) is 62.2 Å².